The van der Waals surface area contributed by atoms with Crippen LogP contribution >= 0.6 is 11.6 Å². The summed E-state index contributed by atoms with van der Waals surface area (Å²) in [5.74, 6) is 0.552. The second kappa shape index (κ2) is 8.53. The molecular weight excluding hydrogens is 340 g/mol. The van der Waals surface area contributed by atoms with Gasteiger partial charge >= 0.3 is 0 Å². The first-order valence-corrected chi connectivity index (χ1v) is 8.29. The average Bonchev–Trinajstić information content (AvgIpc) is 2.57. The molecule has 1 amide bonds. The Balaban J connectivity index is 1.96. The molecular formula is C19H21ClN2O3. The first kappa shape index (κ1) is 18.8. The summed E-state index contributed by atoms with van der Waals surface area (Å²) in [5, 5.41) is 14.1. The van der Waals surface area contributed by atoms with Crippen molar-refractivity contribution in [2.45, 2.75) is 26.7 Å². The number of nitrogens with one attached hydrogen (secondary N) is 1. The summed E-state index contributed by atoms with van der Waals surface area (Å²) in [5.41, 5.74) is 4.72. The molecule has 0 unspecified atom stereocenters. The van der Waals surface area contributed by atoms with Crippen LogP contribution in [0.4, 0.5) is 0 Å². The van der Waals surface area contributed by atoms with E-state index >= 15 is 0 Å². The van der Waals surface area contributed by atoms with Crippen molar-refractivity contribution in [2.24, 2.45) is 5.10 Å². The van der Waals surface area contributed by atoms with Crippen molar-refractivity contribution in [3.05, 3.63) is 58.1 Å². The molecule has 6 heteroatoms. The van der Waals surface area contributed by atoms with Gasteiger partial charge in [-0.05, 0) is 48.2 Å². The quantitative estimate of drug-likeness (QED) is 0.604. The van der Waals surface area contributed by atoms with Gasteiger partial charge in [-0.3, -0.25) is 4.79 Å². The maximum absolute atomic E-state index is 11.9. The molecule has 132 valence electrons. The van der Waals surface area contributed by atoms with Gasteiger partial charge in [0.2, 0.25) is 0 Å². The molecule has 0 heterocycles. The van der Waals surface area contributed by atoms with Crippen molar-refractivity contribution < 1.29 is 14.6 Å². The average molecular weight is 361 g/mol. The van der Waals surface area contributed by atoms with Crippen molar-refractivity contribution in [1.29, 1.82) is 0 Å². The van der Waals surface area contributed by atoms with Crippen LogP contribution in [0.5, 0.6) is 11.5 Å². The molecule has 0 spiro atoms. The second-order valence-corrected chi connectivity index (χ2v) is 6.34. The van der Waals surface area contributed by atoms with E-state index in [0.29, 0.717) is 16.3 Å². The minimum Gasteiger partial charge on any atom is -0.507 e. The number of ether oxygens (including phenoxy) is 1. The minimum absolute atomic E-state index is 0.0926. The van der Waals surface area contributed by atoms with Gasteiger partial charge in [0.1, 0.15) is 11.5 Å². The van der Waals surface area contributed by atoms with Gasteiger partial charge in [0.25, 0.3) is 5.91 Å². The zero-order valence-electron chi connectivity index (χ0n) is 14.4. The normalized spacial score (nSPS) is 11.1. The van der Waals surface area contributed by atoms with Gasteiger partial charge in [0.05, 0.1) is 6.21 Å². The summed E-state index contributed by atoms with van der Waals surface area (Å²) in [7, 11) is 0. The topological polar surface area (TPSA) is 70.9 Å². The number of aryl methyl sites for hydroxylation is 1. The van der Waals surface area contributed by atoms with Crippen molar-refractivity contribution in [1.82, 2.24) is 5.43 Å². The number of rotatable bonds is 6. The summed E-state index contributed by atoms with van der Waals surface area (Å²) in [6.45, 7) is 5.78. The largest absolute Gasteiger partial charge is 0.507 e. The third kappa shape index (κ3) is 5.22. The first-order valence-electron chi connectivity index (χ1n) is 7.91. The van der Waals surface area contributed by atoms with E-state index in [9.17, 15) is 9.90 Å². The molecule has 2 N–H and O–H groups in total. The maximum Gasteiger partial charge on any atom is 0.277 e. The summed E-state index contributed by atoms with van der Waals surface area (Å²) < 4.78 is 5.63. The molecule has 0 aromatic heterocycles. The first-order chi connectivity index (χ1) is 11.9. The Bertz CT molecular complexity index is 788. The SMILES string of the molecule is Cc1cc(OCC(=O)N/N=C/c2ccccc2O)c(C(C)C)cc1Cl. The van der Waals surface area contributed by atoms with E-state index in [1.165, 1.54) is 6.21 Å². The van der Waals surface area contributed by atoms with Crippen LogP contribution in [0.2, 0.25) is 5.02 Å². The van der Waals surface area contributed by atoms with Gasteiger partial charge < -0.3 is 9.84 Å². The molecule has 2 rings (SSSR count). The third-order valence-corrected chi connectivity index (χ3v) is 4.01. The summed E-state index contributed by atoms with van der Waals surface area (Å²) in [6.07, 6.45) is 1.37. The highest BCUT2D eigenvalue weighted by atomic mass is 35.5. The van der Waals surface area contributed by atoms with Gasteiger partial charge in [-0.25, -0.2) is 5.43 Å². The maximum atomic E-state index is 11.9. The van der Waals surface area contributed by atoms with Crippen LogP contribution in [-0.2, 0) is 4.79 Å². The fourth-order valence-electron chi connectivity index (χ4n) is 2.19. The van der Waals surface area contributed by atoms with E-state index in [1.54, 1.807) is 24.3 Å². The number of carbonyl (C=O) groups excluding carboxylic acids is 1. The molecule has 2 aromatic carbocycles. The van der Waals surface area contributed by atoms with Crippen LogP contribution in [0.3, 0.4) is 0 Å². The van der Waals surface area contributed by atoms with Gasteiger partial charge in [-0.15, -0.1) is 0 Å². The Morgan fingerprint density at radius 1 is 1.36 bits per heavy atom. The molecule has 0 saturated heterocycles. The summed E-state index contributed by atoms with van der Waals surface area (Å²) in [6, 6.07) is 10.4. The number of nitrogens with zero attached hydrogens (tertiary/aromatic N) is 1. The lowest BCUT2D eigenvalue weighted by molar-refractivity contribution is -0.123. The minimum atomic E-state index is -0.394. The van der Waals surface area contributed by atoms with Crippen LogP contribution in [0.25, 0.3) is 0 Å². The van der Waals surface area contributed by atoms with Crippen LogP contribution < -0.4 is 10.2 Å². The van der Waals surface area contributed by atoms with E-state index in [4.69, 9.17) is 16.3 Å². The summed E-state index contributed by atoms with van der Waals surface area (Å²) >= 11 is 6.16. The van der Waals surface area contributed by atoms with Crippen LogP contribution in [-0.4, -0.2) is 23.8 Å². The highest BCUT2D eigenvalue weighted by Crippen LogP contribution is 2.31. The van der Waals surface area contributed by atoms with E-state index < -0.39 is 5.91 Å². The predicted molar refractivity (Wildman–Crippen MR) is 99.6 cm³/mol. The van der Waals surface area contributed by atoms with Gasteiger partial charge in [0, 0.05) is 10.6 Å². The Kier molecular flexibility index (Phi) is 6.42. The van der Waals surface area contributed by atoms with E-state index in [1.807, 2.05) is 32.9 Å². The van der Waals surface area contributed by atoms with E-state index in [0.717, 1.165) is 11.1 Å². The number of amides is 1. The molecule has 0 aliphatic heterocycles. The van der Waals surface area contributed by atoms with Crippen LogP contribution in [0.1, 0.15) is 36.5 Å². The number of aromatic hydroxyl groups is 1. The Morgan fingerprint density at radius 3 is 2.76 bits per heavy atom. The lowest BCUT2D eigenvalue weighted by atomic mass is 10.0. The summed E-state index contributed by atoms with van der Waals surface area (Å²) in [4.78, 5) is 11.9. The lowest BCUT2D eigenvalue weighted by Gasteiger charge is -2.15. The molecule has 2 aromatic rings. The molecule has 5 nitrogen and oxygen atoms in total. The molecule has 0 atom stereocenters. The van der Waals surface area contributed by atoms with Crippen molar-refractivity contribution in [3.63, 3.8) is 0 Å². The van der Waals surface area contributed by atoms with E-state index in [2.05, 4.69) is 10.5 Å². The second-order valence-electron chi connectivity index (χ2n) is 5.93. The fraction of sp³-hybridized carbons (Fsp3) is 0.263. The zero-order valence-corrected chi connectivity index (χ0v) is 15.2. The van der Waals surface area contributed by atoms with E-state index in [-0.39, 0.29) is 18.3 Å². The third-order valence-electron chi connectivity index (χ3n) is 3.60. The highest BCUT2D eigenvalue weighted by Gasteiger charge is 2.12. The molecule has 25 heavy (non-hydrogen) atoms. The number of halogens is 1. The van der Waals surface area contributed by atoms with Crippen molar-refractivity contribution in [3.8, 4) is 11.5 Å². The predicted octanol–water partition coefficient (Wildman–Crippen LogP) is 4.01. The zero-order chi connectivity index (χ0) is 18.4. The molecule has 0 fully saturated rings. The highest BCUT2D eigenvalue weighted by molar-refractivity contribution is 6.31. The number of para-hydroxylation sites is 1. The van der Waals surface area contributed by atoms with Gasteiger partial charge in [0.15, 0.2) is 6.61 Å². The number of hydrogen-bond donors (Lipinski definition) is 2. The Labute approximate surface area is 152 Å². The molecule has 0 aliphatic carbocycles. The number of hydrazone groups is 1. The van der Waals surface area contributed by atoms with Crippen molar-refractivity contribution >= 4 is 23.7 Å². The monoisotopic (exact) mass is 360 g/mol. The van der Waals surface area contributed by atoms with Gasteiger partial charge in [-0.2, -0.15) is 5.10 Å². The number of carbonyl (C=O) groups is 1. The molecule has 0 saturated carbocycles. The van der Waals surface area contributed by atoms with Crippen LogP contribution in [0, 0.1) is 6.92 Å². The molecule has 0 aliphatic rings. The molecule has 0 bridgehead atoms. The fourth-order valence-corrected chi connectivity index (χ4v) is 2.36. The Morgan fingerprint density at radius 2 is 2.08 bits per heavy atom. The number of phenols is 1. The Hall–Kier alpha value is -2.53. The number of benzene rings is 2. The lowest BCUT2D eigenvalue weighted by Crippen LogP contribution is -2.25. The van der Waals surface area contributed by atoms with Crippen molar-refractivity contribution in [2.75, 3.05) is 6.61 Å². The number of phenolic OH excluding ortho intramolecular Hbond substituents is 1. The van der Waals surface area contributed by atoms with Crippen LogP contribution in [0.15, 0.2) is 41.5 Å². The standard InChI is InChI=1S/C19H21ClN2O3/c1-12(2)15-9-16(20)13(3)8-18(15)25-11-19(24)22-21-10-14-6-4-5-7-17(14)23/h4-10,12,23H,11H2,1-3H3,(H,22,24)/b21-10+. The molecule has 0 radical (unpaired) electrons. The van der Waals surface area contributed by atoms with Gasteiger partial charge in [-0.1, -0.05) is 37.6 Å². The smallest absolute Gasteiger partial charge is 0.277 e. The number of hydrogen-bond acceptors (Lipinski definition) is 4.